The number of carbonyl (C=O) groups excluding carboxylic acids is 2. The van der Waals surface area contributed by atoms with Crippen molar-refractivity contribution >= 4 is 28.5 Å². The van der Waals surface area contributed by atoms with Gasteiger partial charge >= 0.3 is 6.18 Å². The first-order chi connectivity index (χ1) is 21.7. The molecule has 0 saturated heterocycles. The van der Waals surface area contributed by atoms with Crippen LogP contribution in [-0.2, 0) is 17.5 Å². The molecule has 0 aliphatic heterocycles. The van der Waals surface area contributed by atoms with Crippen molar-refractivity contribution in [2.45, 2.75) is 32.6 Å². The van der Waals surface area contributed by atoms with Crippen molar-refractivity contribution in [1.82, 2.24) is 25.2 Å². The van der Waals surface area contributed by atoms with E-state index >= 15 is 0 Å². The third-order valence-corrected chi connectivity index (χ3v) is 7.35. The number of hydrogen-bond donors (Lipinski definition) is 2. The van der Waals surface area contributed by atoms with Crippen molar-refractivity contribution in [2.75, 3.05) is 18.4 Å². The summed E-state index contributed by atoms with van der Waals surface area (Å²) >= 11 is 0. The van der Waals surface area contributed by atoms with E-state index in [4.69, 9.17) is 0 Å². The van der Waals surface area contributed by atoms with Gasteiger partial charge in [-0.15, -0.1) is 0 Å². The summed E-state index contributed by atoms with van der Waals surface area (Å²) in [5.74, 6) is -0.235. The number of nitrogens with zero attached hydrogens (tertiary/aromatic N) is 4. The number of likely N-dealkylation sites (N-methyl/N-ethyl adjacent to an activating group) is 1. The molecular formula is C34H31F3N6O2. The Labute approximate surface area is 258 Å². The van der Waals surface area contributed by atoms with E-state index in [0.29, 0.717) is 42.2 Å². The molecule has 0 aliphatic carbocycles. The average Bonchev–Trinajstić information content (AvgIpc) is 3.05. The number of fused-ring (bicyclic) bond motifs is 1. The number of carbonyl (C=O) groups is 2. The Hall–Kier alpha value is -5.16. The Bertz CT molecular complexity index is 1790. The van der Waals surface area contributed by atoms with E-state index in [1.54, 1.807) is 29.3 Å². The van der Waals surface area contributed by atoms with Gasteiger partial charge in [-0.2, -0.15) is 13.2 Å². The molecule has 5 rings (SSSR count). The van der Waals surface area contributed by atoms with Gasteiger partial charge in [0.1, 0.15) is 11.9 Å². The highest BCUT2D eigenvalue weighted by Crippen LogP contribution is 2.31. The Morgan fingerprint density at radius 2 is 1.62 bits per heavy atom. The van der Waals surface area contributed by atoms with Crippen LogP contribution in [0.3, 0.4) is 0 Å². The lowest BCUT2D eigenvalue weighted by molar-refractivity contribution is -0.137. The molecule has 2 N–H and O–H groups in total. The van der Waals surface area contributed by atoms with E-state index in [0.717, 1.165) is 23.1 Å². The van der Waals surface area contributed by atoms with E-state index in [-0.39, 0.29) is 17.2 Å². The molecule has 0 spiro atoms. The Balaban J connectivity index is 1.31. The molecule has 0 fully saturated rings. The van der Waals surface area contributed by atoms with Crippen molar-refractivity contribution < 1.29 is 22.8 Å². The molecule has 0 saturated carbocycles. The van der Waals surface area contributed by atoms with Crippen molar-refractivity contribution in [3.05, 3.63) is 120 Å². The minimum absolute atomic E-state index is 0.0448. The summed E-state index contributed by atoms with van der Waals surface area (Å²) in [6.45, 7) is 5.49. The number of halogens is 3. The zero-order valence-corrected chi connectivity index (χ0v) is 24.7. The topological polar surface area (TPSA) is 100 Å². The maximum Gasteiger partial charge on any atom is 0.416 e. The van der Waals surface area contributed by atoms with Crippen LogP contribution in [0.5, 0.6) is 0 Å². The van der Waals surface area contributed by atoms with Crippen LogP contribution in [0.4, 0.5) is 19.0 Å². The van der Waals surface area contributed by atoms with Gasteiger partial charge in [-0.05, 0) is 80.1 Å². The molecule has 230 valence electrons. The number of pyridine rings is 3. The monoisotopic (exact) mass is 612 g/mol. The van der Waals surface area contributed by atoms with Crippen LogP contribution in [0.1, 0.15) is 47.1 Å². The molecule has 0 unspecified atom stereocenters. The minimum atomic E-state index is -4.46. The fourth-order valence-corrected chi connectivity index (χ4v) is 4.98. The Morgan fingerprint density at radius 3 is 2.31 bits per heavy atom. The van der Waals surface area contributed by atoms with E-state index in [1.165, 1.54) is 18.3 Å². The number of benzene rings is 2. The first-order valence-corrected chi connectivity index (χ1v) is 14.4. The Morgan fingerprint density at radius 1 is 0.867 bits per heavy atom. The van der Waals surface area contributed by atoms with Crippen LogP contribution in [0.25, 0.3) is 22.2 Å². The molecule has 2 aromatic carbocycles. The lowest BCUT2D eigenvalue weighted by atomic mass is 10.0. The highest BCUT2D eigenvalue weighted by atomic mass is 19.4. The zero-order valence-electron chi connectivity index (χ0n) is 24.7. The van der Waals surface area contributed by atoms with Gasteiger partial charge in [0.2, 0.25) is 5.91 Å². The molecule has 0 radical (unpaired) electrons. The molecule has 8 nitrogen and oxygen atoms in total. The van der Waals surface area contributed by atoms with Crippen molar-refractivity contribution in [3.63, 3.8) is 0 Å². The zero-order chi connectivity index (χ0) is 32.0. The quantitative estimate of drug-likeness (QED) is 0.183. The van der Waals surface area contributed by atoms with E-state index in [1.807, 2.05) is 56.3 Å². The average molecular weight is 613 g/mol. The van der Waals surface area contributed by atoms with Gasteiger partial charge in [-0.25, -0.2) is 4.98 Å². The number of anilines is 1. The highest BCUT2D eigenvalue weighted by molar-refractivity contribution is 6.08. The molecule has 45 heavy (non-hydrogen) atoms. The number of rotatable bonds is 10. The molecule has 3 aromatic heterocycles. The molecule has 0 bridgehead atoms. The fraction of sp³-hybridized carbons (Fsp3) is 0.206. The van der Waals surface area contributed by atoms with Crippen LogP contribution >= 0.6 is 0 Å². The first kappa shape index (κ1) is 31.3. The molecule has 5 aromatic rings. The molecule has 1 atom stereocenters. The van der Waals surface area contributed by atoms with E-state index in [2.05, 4.69) is 25.6 Å². The smallest absolute Gasteiger partial charge is 0.342 e. The van der Waals surface area contributed by atoms with Gasteiger partial charge in [-0.1, -0.05) is 24.3 Å². The van der Waals surface area contributed by atoms with Gasteiger partial charge in [0.15, 0.2) is 0 Å². The predicted molar refractivity (Wildman–Crippen MR) is 166 cm³/mol. The summed E-state index contributed by atoms with van der Waals surface area (Å²) in [6.07, 6.45) is -1.32. The normalized spacial score (nSPS) is 12.1. The van der Waals surface area contributed by atoms with Crippen LogP contribution < -0.4 is 10.6 Å². The first-order valence-electron chi connectivity index (χ1n) is 14.4. The summed E-state index contributed by atoms with van der Waals surface area (Å²) in [5, 5.41) is 6.97. The van der Waals surface area contributed by atoms with Crippen molar-refractivity contribution in [2.24, 2.45) is 0 Å². The highest BCUT2D eigenvalue weighted by Gasteiger charge is 2.30. The van der Waals surface area contributed by atoms with Crippen molar-refractivity contribution in [3.8, 4) is 11.3 Å². The van der Waals surface area contributed by atoms with Crippen LogP contribution in [0, 0.1) is 0 Å². The summed E-state index contributed by atoms with van der Waals surface area (Å²) in [5.41, 5.74) is 2.27. The number of aromatic nitrogens is 3. The number of nitrogens with one attached hydrogen (secondary N) is 2. The summed E-state index contributed by atoms with van der Waals surface area (Å²) in [7, 11) is 0. The molecular weight excluding hydrogens is 581 g/mol. The van der Waals surface area contributed by atoms with Crippen LogP contribution in [0.15, 0.2) is 97.3 Å². The number of alkyl halides is 3. The molecule has 2 amide bonds. The van der Waals surface area contributed by atoms with Gasteiger partial charge in [0.05, 0.1) is 28.0 Å². The third kappa shape index (κ3) is 7.32. The second-order valence-corrected chi connectivity index (χ2v) is 10.2. The second kappa shape index (κ2) is 13.6. The summed E-state index contributed by atoms with van der Waals surface area (Å²) in [6, 6.07) is 21.7. The predicted octanol–water partition coefficient (Wildman–Crippen LogP) is 6.66. The van der Waals surface area contributed by atoms with Gasteiger partial charge in [0, 0.05) is 43.0 Å². The summed E-state index contributed by atoms with van der Waals surface area (Å²) in [4.78, 5) is 41.5. The number of hydrogen-bond acceptors (Lipinski definition) is 6. The summed E-state index contributed by atoms with van der Waals surface area (Å²) < 4.78 is 39.0. The Kier molecular flexibility index (Phi) is 9.48. The minimum Gasteiger partial charge on any atom is -0.342 e. The number of amides is 2. The van der Waals surface area contributed by atoms with Crippen LogP contribution in [-0.4, -0.2) is 44.8 Å². The van der Waals surface area contributed by atoms with Gasteiger partial charge in [0.25, 0.3) is 5.91 Å². The second-order valence-electron chi connectivity index (χ2n) is 10.2. The standard InChI is InChI=1S/C34H31F3N6O2/c1-3-43(4-2)33(45)31(28-9-5-6-18-38-28)40-21-22-10-16-27-24(20-22)13-17-29(41-27)42-32(44)26-8-7-19-39-30(26)23-11-14-25(15-12-23)34(35,36)37/h5-20,31,40H,3-4,21H2,1-2H3,(H,41,42,44)/t31-/m0/s1. The van der Waals surface area contributed by atoms with E-state index < -0.39 is 23.7 Å². The van der Waals surface area contributed by atoms with Crippen molar-refractivity contribution in [1.29, 1.82) is 0 Å². The lowest BCUT2D eigenvalue weighted by Crippen LogP contribution is -2.41. The largest absolute Gasteiger partial charge is 0.416 e. The van der Waals surface area contributed by atoms with Gasteiger partial charge < -0.3 is 10.2 Å². The fourth-order valence-electron chi connectivity index (χ4n) is 4.98. The molecule has 0 aliphatic rings. The lowest BCUT2D eigenvalue weighted by Gasteiger charge is -2.25. The molecule has 11 heteroatoms. The maximum atomic E-state index is 13.3. The SMILES string of the molecule is CCN(CC)C(=O)[C@@H](NCc1ccc2nc(NC(=O)c3cccnc3-c3ccc(C(F)(F)F)cc3)ccc2c1)c1ccccn1. The van der Waals surface area contributed by atoms with E-state index in [9.17, 15) is 22.8 Å². The van der Waals surface area contributed by atoms with Crippen LogP contribution in [0.2, 0.25) is 0 Å². The third-order valence-electron chi connectivity index (χ3n) is 7.35. The maximum absolute atomic E-state index is 13.3. The molecule has 3 heterocycles. The van der Waals surface area contributed by atoms with Gasteiger partial charge in [-0.3, -0.25) is 24.9 Å².